The van der Waals surface area contributed by atoms with Crippen molar-refractivity contribution in [3.63, 3.8) is 0 Å². The number of carbonyl (C=O) groups excluding carboxylic acids is 2. The molecule has 1 aliphatic rings. The van der Waals surface area contributed by atoms with Gasteiger partial charge in [0, 0.05) is 25.0 Å². The van der Waals surface area contributed by atoms with E-state index in [1.165, 1.54) is 6.42 Å². The number of piperidine rings is 1. The Morgan fingerprint density at radius 2 is 2.12 bits per heavy atom. The zero-order chi connectivity index (χ0) is 17.5. The molecule has 1 aromatic heterocycles. The van der Waals surface area contributed by atoms with Crippen LogP contribution in [0.3, 0.4) is 0 Å². The molecule has 2 N–H and O–H groups in total. The number of likely N-dealkylation sites (tertiary alicyclic amines) is 1. The summed E-state index contributed by atoms with van der Waals surface area (Å²) in [6.45, 7) is 6.55. The SMILES string of the molecule is C[C@H](CCc1ccco1)NC(=O)N[C@@H](C)C(=O)N1CCCC[C@@H]1C. The van der Waals surface area contributed by atoms with E-state index in [0.717, 1.165) is 38.0 Å². The molecule has 3 atom stereocenters. The van der Waals surface area contributed by atoms with Gasteiger partial charge in [-0.25, -0.2) is 4.79 Å². The van der Waals surface area contributed by atoms with Gasteiger partial charge in [-0.1, -0.05) is 0 Å². The minimum atomic E-state index is -0.511. The first-order chi connectivity index (χ1) is 11.5. The van der Waals surface area contributed by atoms with E-state index in [1.807, 2.05) is 24.0 Å². The standard InChI is InChI=1S/C18H29N3O3/c1-13(9-10-16-8-6-12-24-16)19-18(23)20-15(3)17(22)21-11-5-4-7-14(21)2/h6,8,12-15H,4-5,7,9-11H2,1-3H3,(H2,19,20,23)/t13-,14+,15+/m1/s1. The monoisotopic (exact) mass is 335 g/mol. The van der Waals surface area contributed by atoms with Gasteiger partial charge < -0.3 is 20.0 Å². The van der Waals surface area contributed by atoms with E-state index in [1.54, 1.807) is 13.2 Å². The van der Waals surface area contributed by atoms with Crippen LogP contribution in [0.2, 0.25) is 0 Å². The van der Waals surface area contributed by atoms with Gasteiger partial charge in [-0.2, -0.15) is 0 Å². The number of furan rings is 1. The van der Waals surface area contributed by atoms with Crippen LogP contribution in [0.4, 0.5) is 4.79 Å². The highest BCUT2D eigenvalue weighted by molar-refractivity contribution is 5.87. The maximum absolute atomic E-state index is 12.5. The molecular formula is C18H29N3O3. The largest absolute Gasteiger partial charge is 0.469 e. The second-order valence-electron chi connectivity index (χ2n) is 6.74. The van der Waals surface area contributed by atoms with E-state index in [9.17, 15) is 9.59 Å². The molecule has 0 aliphatic carbocycles. The molecule has 0 saturated carbocycles. The number of hydrogen-bond acceptors (Lipinski definition) is 3. The summed E-state index contributed by atoms with van der Waals surface area (Å²) in [6, 6.07) is 3.23. The lowest BCUT2D eigenvalue weighted by Gasteiger charge is -2.35. The molecule has 1 saturated heterocycles. The second-order valence-corrected chi connectivity index (χ2v) is 6.74. The first-order valence-corrected chi connectivity index (χ1v) is 8.87. The highest BCUT2D eigenvalue weighted by Crippen LogP contribution is 2.17. The molecule has 1 aromatic rings. The van der Waals surface area contributed by atoms with Crippen LogP contribution >= 0.6 is 0 Å². The number of carbonyl (C=O) groups is 2. The molecule has 134 valence electrons. The fraction of sp³-hybridized carbons (Fsp3) is 0.667. The Morgan fingerprint density at radius 1 is 1.33 bits per heavy atom. The molecule has 1 aliphatic heterocycles. The van der Waals surface area contributed by atoms with Gasteiger partial charge in [0.05, 0.1) is 6.26 Å². The number of amides is 3. The fourth-order valence-electron chi connectivity index (χ4n) is 3.08. The van der Waals surface area contributed by atoms with Gasteiger partial charge in [0.2, 0.25) is 5.91 Å². The second kappa shape index (κ2) is 8.76. The minimum Gasteiger partial charge on any atom is -0.469 e. The summed E-state index contributed by atoms with van der Waals surface area (Å²) < 4.78 is 5.28. The summed E-state index contributed by atoms with van der Waals surface area (Å²) in [5.74, 6) is 0.910. The lowest BCUT2D eigenvalue weighted by Crippen LogP contribution is -2.54. The topological polar surface area (TPSA) is 74.6 Å². The average molecular weight is 335 g/mol. The third-order valence-corrected chi connectivity index (χ3v) is 4.59. The molecule has 0 spiro atoms. The Kier molecular flexibility index (Phi) is 6.70. The molecule has 0 bridgehead atoms. The van der Waals surface area contributed by atoms with Crippen LogP contribution < -0.4 is 10.6 Å². The summed E-state index contributed by atoms with van der Waals surface area (Å²) in [4.78, 5) is 26.4. The summed E-state index contributed by atoms with van der Waals surface area (Å²) in [6.07, 6.45) is 6.45. The van der Waals surface area contributed by atoms with Gasteiger partial charge in [0.1, 0.15) is 11.8 Å². The smallest absolute Gasteiger partial charge is 0.315 e. The van der Waals surface area contributed by atoms with Crippen molar-refractivity contribution in [3.8, 4) is 0 Å². The molecule has 6 heteroatoms. The number of urea groups is 1. The van der Waals surface area contributed by atoms with Crippen LogP contribution in [0.1, 0.15) is 52.2 Å². The Hall–Kier alpha value is -1.98. The summed E-state index contributed by atoms with van der Waals surface area (Å²) >= 11 is 0. The number of nitrogens with zero attached hydrogens (tertiary/aromatic N) is 1. The predicted octanol–water partition coefficient (Wildman–Crippen LogP) is 2.69. The average Bonchev–Trinajstić information content (AvgIpc) is 3.06. The predicted molar refractivity (Wildman–Crippen MR) is 92.6 cm³/mol. The summed E-state index contributed by atoms with van der Waals surface area (Å²) in [5, 5.41) is 5.64. The summed E-state index contributed by atoms with van der Waals surface area (Å²) in [7, 11) is 0. The maximum Gasteiger partial charge on any atom is 0.315 e. The Labute approximate surface area is 144 Å². The van der Waals surface area contributed by atoms with Crippen molar-refractivity contribution >= 4 is 11.9 Å². The van der Waals surface area contributed by atoms with Crippen molar-refractivity contribution < 1.29 is 14.0 Å². The Morgan fingerprint density at radius 3 is 2.79 bits per heavy atom. The van der Waals surface area contributed by atoms with Gasteiger partial charge in [-0.15, -0.1) is 0 Å². The number of aryl methyl sites for hydroxylation is 1. The third kappa shape index (κ3) is 5.28. The van der Waals surface area contributed by atoms with Crippen LogP contribution in [-0.4, -0.2) is 41.5 Å². The third-order valence-electron chi connectivity index (χ3n) is 4.59. The molecule has 0 aromatic carbocycles. The zero-order valence-electron chi connectivity index (χ0n) is 14.9. The van der Waals surface area contributed by atoms with Gasteiger partial charge in [0.25, 0.3) is 0 Å². The van der Waals surface area contributed by atoms with Crippen LogP contribution in [0, 0.1) is 0 Å². The fourth-order valence-corrected chi connectivity index (χ4v) is 3.08. The van der Waals surface area contributed by atoms with Crippen LogP contribution in [0.5, 0.6) is 0 Å². The van der Waals surface area contributed by atoms with Gasteiger partial charge in [-0.3, -0.25) is 4.79 Å². The van der Waals surface area contributed by atoms with E-state index in [2.05, 4.69) is 17.6 Å². The molecule has 1 fully saturated rings. The van der Waals surface area contributed by atoms with Crippen LogP contribution in [-0.2, 0) is 11.2 Å². The van der Waals surface area contributed by atoms with E-state index in [0.29, 0.717) is 0 Å². The van der Waals surface area contributed by atoms with Gasteiger partial charge in [-0.05, 0) is 58.6 Å². The van der Waals surface area contributed by atoms with Crippen LogP contribution in [0.25, 0.3) is 0 Å². The first-order valence-electron chi connectivity index (χ1n) is 8.87. The quantitative estimate of drug-likeness (QED) is 0.839. The van der Waals surface area contributed by atoms with Crippen molar-refractivity contribution in [2.75, 3.05) is 6.54 Å². The van der Waals surface area contributed by atoms with E-state index in [4.69, 9.17) is 4.42 Å². The van der Waals surface area contributed by atoms with Crippen molar-refractivity contribution in [2.24, 2.45) is 0 Å². The molecule has 6 nitrogen and oxygen atoms in total. The Bertz CT molecular complexity index is 530. The molecule has 24 heavy (non-hydrogen) atoms. The van der Waals surface area contributed by atoms with Crippen LogP contribution in [0.15, 0.2) is 22.8 Å². The summed E-state index contributed by atoms with van der Waals surface area (Å²) in [5.41, 5.74) is 0. The van der Waals surface area contributed by atoms with Crippen molar-refractivity contribution in [3.05, 3.63) is 24.2 Å². The Balaban J connectivity index is 1.73. The molecular weight excluding hydrogens is 306 g/mol. The highest BCUT2D eigenvalue weighted by atomic mass is 16.3. The highest BCUT2D eigenvalue weighted by Gasteiger charge is 2.27. The van der Waals surface area contributed by atoms with Crippen molar-refractivity contribution in [1.29, 1.82) is 0 Å². The molecule has 2 rings (SSSR count). The van der Waals surface area contributed by atoms with Crippen molar-refractivity contribution in [2.45, 2.75) is 71.0 Å². The van der Waals surface area contributed by atoms with Gasteiger partial charge in [0.15, 0.2) is 0 Å². The normalized spacial score (nSPS) is 20.3. The van der Waals surface area contributed by atoms with Gasteiger partial charge >= 0.3 is 6.03 Å². The zero-order valence-corrected chi connectivity index (χ0v) is 14.9. The van der Waals surface area contributed by atoms with Crippen molar-refractivity contribution in [1.82, 2.24) is 15.5 Å². The number of nitrogens with one attached hydrogen (secondary N) is 2. The number of hydrogen-bond donors (Lipinski definition) is 2. The van der Waals surface area contributed by atoms with E-state index in [-0.39, 0.29) is 24.0 Å². The van der Waals surface area contributed by atoms with E-state index < -0.39 is 6.04 Å². The lowest BCUT2D eigenvalue weighted by molar-refractivity contribution is -0.136. The van der Waals surface area contributed by atoms with E-state index >= 15 is 0 Å². The molecule has 0 radical (unpaired) electrons. The first kappa shape index (κ1) is 18.4. The number of rotatable bonds is 6. The molecule has 3 amide bonds. The molecule has 2 heterocycles. The lowest BCUT2D eigenvalue weighted by atomic mass is 10.0. The maximum atomic E-state index is 12.5. The minimum absolute atomic E-state index is 0.000545. The molecule has 0 unspecified atom stereocenters.